The van der Waals surface area contributed by atoms with Crippen LogP contribution in [0.2, 0.25) is 0 Å². The minimum Gasteiger partial charge on any atom is -0.458 e. The Morgan fingerprint density at radius 3 is 2.92 bits per heavy atom. The van der Waals surface area contributed by atoms with E-state index in [1.165, 1.54) is 0 Å². The molecule has 24 heavy (non-hydrogen) atoms. The number of furan rings is 1. The van der Waals surface area contributed by atoms with Gasteiger partial charge < -0.3 is 19.4 Å². The van der Waals surface area contributed by atoms with E-state index in [1.54, 1.807) is 19.1 Å². The monoisotopic (exact) mass is 326 g/mol. The van der Waals surface area contributed by atoms with Crippen LogP contribution < -0.4 is 5.32 Å². The largest absolute Gasteiger partial charge is 0.458 e. The van der Waals surface area contributed by atoms with Crippen molar-refractivity contribution < 1.29 is 18.8 Å². The average Bonchev–Trinajstić information content (AvgIpc) is 3.13. The normalized spacial score (nSPS) is 16.9. The van der Waals surface area contributed by atoms with E-state index in [-0.39, 0.29) is 18.1 Å². The second-order valence-corrected chi connectivity index (χ2v) is 6.49. The summed E-state index contributed by atoms with van der Waals surface area (Å²) in [6.07, 6.45) is 2.16. The van der Waals surface area contributed by atoms with Crippen LogP contribution in [0.3, 0.4) is 0 Å². The molecule has 1 aliphatic rings. The Morgan fingerprint density at radius 1 is 1.38 bits per heavy atom. The predicted octanol–water partition coefficient (Wildman–Crippen LogP) is 2.94. The summed E-state index contributed by atoms with van der Waals surface area (Å²) in [5.41, 5.74) is -0.389. The number of hydrogen-bond donors (Lipinski definition) is 2. The van der Waals surface area contributed by atoms with Crippen LogP contribution in [-0.4, -0.2) is 22.7 Å². The molecule has 3 aromatic rings. The molecule has 1 aromatic carbocycles. The first-order valence-electron chi connectivity index (χ1n) is 7.99. The Balaban J connectivity index is 1.45. The minimum atomic E-state index is -1.32. The van der Waals surface area contributed by atoms with Crippen molar-refractivity contribution in [3.63, 3.8) is 0 Å². The molecule has 1 atom stereocenters. The Labute approximate surface area is 138 Å². The zero-order valence-corrected chi connectivity index (χ0v) is 13.3. The number of aliphatic hydroxyl groups is 1. The third-order valence-corrected chi connectivity index (χ3v) is 4.29. The van der Waals surface area contributed by atoms with Crippen molar-refractivity contribution in [2.45, 2.75) is 31.3 Å². The maximum atomic E-state index is 12.2. The molecule has 0 unspecified atom stereocenters. The molecule has 6 nitrogen and oxygen atoms in total. The number of aromatic nitrogens is 1. The van der Waals surface area contributed by atoms with Crippen LogP contribution in [0.15, 0.2) is 45.3 Å². The Bertz CT molecular complexity index is 856. The van der Waals surface area contributed by atoms with E-state index in [9.17, 15) is 9.90 Å². The molecule has 4 rings (SSSR count). The van der Waals surface area contributed by atoms with Gasteiger partial charge in [-0.3, -0.25) is 4.79 Å². The lowest BCUT2D eigenvalue weighted by Crippen LogP contribution is -2.38. The molecule has 0 spiro atoms. The van der Waals surface area contributed by atoms with Gasteiger partial charge in [-0.2, -0.15) is 0 Å². The summed E-state index contributed by atoms with van der Waals surface area (Å²) in [7, 11) is 0. The zero-order chi connectivity index (χ0) is 16.7. The number of rotatable bonds is 5. The molecule has 0 saturated heterocycles. The van der Waals surface area contributed by atoms with Crippen LogP contribution in [0.4, 0.5) is 0 Å². The third kappa shape index (κ3) is 2.80. The molecule has 1 fully saturated rings. The van der Waals surface area contributed by atoms with Crippen molar-refractivity contribution in [2.75, 3.05) is 6.54 Å². The number of nitrogens with zero attached hydrogens (tertiary/aromatic N) is 1. The SMILES string of the molecule is C[C@](O)(CNC(=O)c1cc(C2CC2)on1)c1cc2ccccc2o1. The van der Waals surface area contributed by atoms with Crippen LogP contribution in [0, 0.1) is 0 Å². The van der Waals surface area contributed by atoms with Gasteiger partial charge in [0.25, 0.3) is 5.91 Å². The zero-order valence-electron chi connectivity index (χ0n) is 13.3. The first-order valence-corrected chi connectivity index (χ1v) is 7.99. The molecule has 2 heterocycles. The van der Waals surface area contributed by atoms with Crippen molar-refractivity contribution in [2.24, 2.45) is 0 Å². The number of carbonyl (C=O) groups excluding carboxylic acids is 1. The topological polar surface area (TPSA) is 88.5 Å². The molecule has 0 radical (unpaired) electrons. The summed E-state index contributed by atoms with van der Waals surface area (Å²) in [5, 5.41) is 18.0. The van der Waals surface area contributed by atoms with Crippen molar-refractivity contribution in [1.29, 1.82) is 0 Å². The van der Waals surface area contributed by atoms with Crippen molar-refractivity contribution in [3.05, 3.63) is 53.6 Å². The van der Waals surface area contributed by atoms with Gasteiger partial charge >= 0.3 is 0 Å². The van der Waals surface area contributed by atoms with E-state index in [4.69, 9.17) is 8.94 Å². The number of benzene rings is 1. The quantitative estimate of drug-likeness (QED) is 0.752. The smallest absolute Gasteiger partial charge is 0.273 e. The lowest BCUT2D eigenvalue weighted by Gasteiger charge is -2.20. The summed E-state index contributed by atoms with van der Waals surface area (Å²) in [4.78, 5) is 12.2. The predicted molar refractivity (Wildman–Crippen MR) is 86.6 cm³/mol. The maximum Gasteiger partial charge on any atom is 0.273 e. The lowest BCUT2D eigenvalue weighted by atomic mass is 10.0. The van der Waals surface area contributed by atoms with E-state index in [1.807, 2.05) is 24.3 Å². The van der Waals surface area contributed by atoms with E-state index in [2.05, 4.69) is 10.5 Å². The fourth-order valence-electron chi connectivity index (χ4n) is 2.63. The van der Waals surface area contributed by atoms with Gasteiger partial charge in [-0.05, 0) is 31.9 Å². The second-order valence-electron chi connectivity index (χ2n) is 6.49. The van der Waals surface area contributed by atoms with Gasteiger partial charge in [0, 0.05) is 17.4 Å². The van der Waals surface area contributed by atoms with Gasteiger partial charge in [0.05, 0.1) is 6.54 Å². The molecule has 0 aliphatic heterocycles. The van der Waals surface area contributed by atoms with Gasteiger partial charge in [0.15, 0.2) is 5.69 Å². The van der Waals surface area contributed by atoms with E-state index < -0.39 is 5.60 Å². The molecule has 1 saturated carbocycles. The van der Waals surface area contributed by atoms with Gasteiger partial charge in [0.2, 0.25) is 0 Å². The highest BCUT2D eigenvalue weighted by molar-refractivity contribution is 5.92. The summed E-state index contributed by atoms with van der Waals surface area (Å²) < 4.78 is 10.9. The number of amides is 1. The minimum absolute atomic E-state index is 0.0112. The Morgan fingerprint density at radius 2 is 2.17 bits per heavy atom. The first kappa shape index (κ1) is 15.0. The van der Waals surface area contributed by atoms with E-state index in [0.29, 0.717) is 17.3 Å². The highest BCUT2D eigenvalue weighted by atomic mass is 16.5. The van der Waals surface area contributed by atoms with Crippen LogP contribution in [0.1, 0.15) is 47.7 Å². The fraction of sp³-hybridized carbons (Fsp3) is 0.333. The van der Waals surface area contributed by atoms with Crippen molar-refractivity contribution >= 4 is 16.9 Å². The highest BCUT2D eigenvalue weighted by Crippen LogP contribution is 2.40. The fourth-order valence-corrected chi connectivity index (χ4v) is 2.63. The van der Waals surface area contributed by atoms with E-state index >= 15 is 0 Å². The van der Waals surface area contributed by atoms with Gasteiger partial charge in [-0.1, -0.05) is 23.4 Å². The van der Waals surface area contributed by atoms with Crippen molar-refractivity contribution in [1.82, 2.24) is 10.5 Å². The third-order valence-electron chi connectivity index (χ3n) is 4.29. The van der Waals surface area contributed by atoms with Crippen LogP contribution in [0.25, 0.3) is 11.0 Å². The highest BCUT2D eigenvalue weighted by Gasteiger charge is 2.31. The molecular weight excluding hydrogens is 308 g/mol. The number of nitrogens with one attached hydrogen (secondary N) is 1. The van der Waals surface area contributed by atoms with Crippen LogP contribution in [0.5, 0.6) is 0 Å². The molecule has 1 amide bonds. The molecule has 124 valence electrons. The average molecular weight is 326 g/mol. The number of hydrogen-bond acceptors (Lipinski definition) is 5. The Kier molecular flexibility index (Phi) is 3.42. The molecule has 2 N–H and O–H groups in total. The van der Waals surface area contributed by atoms with Crippen LogP contribution >= 0.6 is 0 Å². The molecule has 0 bridgehead atoms. The summed E-state index contributed by atoms with van der Waals surface area (Å²) in [6.45, 7) is 1.61. The Hall–Kier alpha value is -2.60. The van der Waals surface area contributed by atoms with Gasteiger partial charge in [-0.25, -0.2) is 0 Å². The second kappa shape index (κ2) is 5.49. The number of para-hydroxylation sites is 1. The molecular formula is C18H18N2O4. The lowest BCUT2D eigenvalue weighted by molar-refractivity contribution is 0.0343. The summed E-state index contributed by atoms with van der Waals surface area (Å²) >= 11 is 0. The van der Waals surface area contributed by atoms with E-state index in [0.717, 1.165) is 24.0 Å². The van der Waals surface area contributed by atoms with Crippen molar-refractivity contribution in [3.8, 4) is 0 Å². The summed E-state index contributed by atoms with van der Waals surface area (Å²) in [5.74, 6) is 1.19. The molecule has 2 aromatic heterocycles. The standard InChI is InChI=1S/C18H18N2O4/c1-18(22,16-8-12-4-2-3-5-14(12)23-16)10-19-17(21)13-9-15(24-20-13)11-6-7-11/h2-5,8-9,11,22H,6-7,10H2,1H3,(H,19,21)/t18-/m0/s1. The maximum absolute atomic E-state index is 12.2. The number of carbonyl (C=O) groups is 1. The molecule has 1 aliphatic carbocycles. The van der Waals surface area contributed by atoms with Crippen LogP contribution in [-0.2, 0) is 5.60 Å². The van der Waals surface area contributed by atoms with Gasteiger partial charge in [0.1, 0.15) is 22.7 Å². The van der Waals surface area contributed by atoms with Gasteiger partial charge in [-0.15, -0.1) is 0 Å². The first-order chi connectivity index (χ1) is 11.5. The number of fused-ring (bicyclic) bond motifs is 1. The summed E-state index contributed by atoms with van der Waals surface area (Å²) in [6, 6.07) is 11.0. The molecule has 6 heteroatoms.